The molecule has 45 heavy (non-hydrogen) atoms. The maximum Gasteiger partial charge on any atom is 0.575 e. The standard InChI is InChI=1S/C36H23F3N2O3S/c1-43-25-19-17-22(18-20-25)27-21-28(23-13-15-24(16-14-23)35(42)44-36(37,38)39)40-34-26(27)7-6-10-31(34)41-29-8-2-4-11-32(29)45-33-12-5-3-9-30(33)41/h2-21H,1H3. The summed E-state index contributed by atoms with van der Waals surface area (Å²) in [5, 5.41) is 0.917. The van der Waals surface area contributed by atoms with E-state index < -0.39 is 12.3 Å². The Balaban J connectivity index is 1.44. The van der Waals surface area contributed by atoms with Crippen LogP contribution in [0.15, 0.2) is 131 Å². The van der Waals surface area contributed by atoms with Crippen LogP contribution in [0.2, 0.25) is 0 Å². The highest BCUT2D eigenvalue weighted by molar-refractivity contribution is 7.99. The number of halogens is 3. The summed E-state index contributed by atoms with van der Waals surface area (Å²) in [5.74, 6) is -0.750. The number of rotatable bonds is 5. The molecule has 0 saturated heterocycles. The topological polar surface area (TPSA) is 51.7 Å². The maximum atomic E-state index is 12.6. The number of pyridine rings is 1. The van der Waals surface area contributed by atoms with Crippen LogP contribution in [-0.4, -0.2) is 24.4 Å². The summed E-state index contributed by atoms with van der Waals surface area (Å²) in [6.07, 6.45) is -5.07. The maximum absolute atomic E-state index is 12.6. The molecule has 0 aliphatic carbocycles. The number of para-hydroxylation sites is 3. The Morgan fingerprint density at radius 1 is 0.733 bits per heavy atom. The number of methoxy groups -OCH3 is 1. The van der Waals surface area contributed by atoms with E-state index in [4.69, 9.17) is 9.72 Å². The van der Waals surface area contributed by atoms with Crippen molar-refractivity contribution in [3.63, 3.8) is 0 Å². The third kappa shape index (κ3) is 5.47. The van der Waals surface area contributed by atoms with Crippen molar-refractivity contribution >= 4 is 45.7 Å². The second kappa shape index (κ2) is 11.3. The van der Waals surface area contributed by atoms with E-state index in [0.29, 0.717) is 11.3 Å². The Morgan fingerprint density at radius 3 is 1.96 bits per heavy atom. The molecule has 1 aliphatic heterocycles. The Hall–Kier alpha value is -5.28. The monoisotopic (exact) mass is 620 g/mol. The van der Waals surface area contributed by atoms with Gasteiger partial charge in [-0.05, 0) is 71.8 Å². The van der Waals surface area contributed by atoms with Crippen molar-refractivity contribution < 1.29 is 27.4 Å². The number of carbonyl (C=O) groups excluding carboxylic acids is 1. The molecular formula is C36H23F3N2O3S. The first-order valence-electron chi connectivity index (χ1n) is 13.9. The Bertz CT molecular complexity index is 2020. The van der Waals surface area contributed by atoms with Crippen LogP contribution in [0.25, 0.3) is 33.3 Å². The number of nitrogens with zero attached hydrogens (tertiary/aromatic N) is 2. The van der Waals surface area contributed by atoms with Crippen molar-refractivity contribution in [2.24, 2.45) is 0 Å². The van der Waals surface area contributed by atoms with Crippen LogP contribution in [0.1, 0.15) is 10.4 Å². The van der Waals surface area contributed by atoms with E-state index in [1.165, 1.54) is 12.1 Å². The highest BCUT2D eigenvalue weighted by Gasteiger charge is 2.34. The number of hydrogen-bond acceptors (Lipinski definition) is 6. The Labute approximate surface area is 260 Å². The molecule has 0 radical (unpaired) electrons. The Kier molecular flexibility index (Phi) is 7.17. The van der Waals surface area contributed by atoms with Crippen LogP contribution >= 0.6 is 11.8 Å². The molecule has 0 saturated carbocycles. The first kappa shape index (κ1) is 28.5. The molecule has 9 heteroatoms. The molecule has 0 fully saturated rings. The number of anilines is 3. The lowest BCUT2D eigenvalue weighted by Crippen LogP contribution is -2.19. The highest BCUT2D eigenvalue weighted by atomic mass is 32.2. The zero-order valence-electron chi connectivity index (χ0n) is 23.7. The van der Waals surface area contributed by atoms with Crippen LogP contribution in [0.4, 0.5) is 30.2 Å². The van der Waals surface area contributed by atoms with Crippen LogP contribution < -0.4 is 9.64 Å². The normalized spacial score (nSPS) is 12.4. The molecule has 0 atom stereocenters. The van der Waals surface area contributed by atoms with E-state index in [9.17, 15) is 18.0 Å². The number of ether oxygens (including phenoxy) is 2. The molecule has 2 heterocycles. The minimum atomic E-state index is -5.07. The number of esters is 1. The van der Waals surface area contributed by atoms with Gasteiger partial charge in [-0.2, -0.15) is 0 Å². The van der Waals surface area contributed by atoms with Crippen molar-refractivity contribution in [3.05, 3.63) is 127 Å². The first-order valence-corrected chi connectivity index (χ1v) is 14.8. The van der Waals surface area contributed by atoms with E-state index in [1.54, 1.807) is 31.0 Å². The van der Waals surface area contributed by atoms with Crippen LogP contribution in [0.3, 0.4) is 0 Å². The fraction of sp³-hybridized carbons (Fsp3) is 0.0556. The number of carbonyl (C=O) groups is 1. The van der Waals surface area contributed by atoms with E-state index >= 15 is 0 Å². The zero-order valence-corrected chi connectivity index (χ0v) is 24.5. The summed E-state index contributed by atoms with van der Waals surface area (Å²) in [7, 11) is 1.61. The third-order valence-corrected chi connectivity index (χ3v) is 8.65. The lowest BCUT2D eigenvalue weighted by Gasteiger charge is -2.33. The second-order valence-corrected chi connectivity index (χ2v) is 11.3. The smallest absolute Gasteiger partial charge is 0.497 e. The first-order chi connectivity index (χ1) is 21.8. The number of hydrogen-bond donors (Lipinski definition) is 0. The van der Waals surface area contributed by atoms with E-state index in [2.05, 4.69) is 33.9 Å². The van der Waals surface area contributed by atoms with E-state index in [1.807, 2.05) is 72.8 Å². The summed E-state index contributed by atoms with van der Waals surface area (Å²) in [5.41, 5.74) is 6.50. The molecule has 1 aromatic heterocycles. The summed E-state index contributed by atoms with van der Waals surface area (Å²) in [4.78, 5) is 21.6. The number of alkyl halides is 3. The molecule has 0 bridgehead atoms. The molecule has 0 N–H and O–H groups in total. The molecule has 5 nitrogen and oxygen atoms in total. The number of aromatic nitrogens is 1. The SMILES string of the molecule is COc1ccc(-c2cc(-c3ccc(C(=O)OC(F)(F)F)cc3)nc3c(N4c5ccccc5Sc5ccccc54)cccc23)cc1. The lowest BCUT2D eigenvalue weighted by atomic mass is 9.97. The van der Waals surface area contributed by atoms with Gasteiger partial charge < -0.3 is 14.4 Å². The molecule has 5 aromatic carbocycles. The summed E-state index contributed by atoms with van der Waals surface area (Å²) < 4.78 is 46.9. The molecule has 6 aromatic rings. The number of fused-ring (bicyclic) bond motifs is 3. The Morgan fingerprint density at radius 2 is 1.33 bits per heavy atom. The molecule has 0 spiro atoms. The summed E-state index contributed by atoms with van der Waals surface area (Å²) in [6, 6.07) is 38.0. The van der Waals surface area contributed by atoms with Gasteiger partial charge in [0.05, 0.1) is 40.9 Å². The van der Waals surface area contributed by atoms with Gasteiger partial charge in [0, 0.05) is 20.7 Å². The van der Waals surface area contributed by atoms with E-state index in [-0.39, 0.29) is 5.56 Å². The van der Waals surface area contributed by atoms with Crippen molar-refractivity contribution in [2.75, 3.05) is 12.0 Å². The zero-order chi connectivity index (χ0) is 31.1. The minimum Gasteiger partial charge on any atom is -0.497 e. The van der Waals surface area contributed by atoms with Crippen LogP contribution in [0.5, 0.6) is 5.75 Å². The molecule has 222 valence electrons. The van der Waals surface area contributed by atoms with Gasteiger partial charge in [0.1, 0.15) is 5.75 Å². The predicted molar refractivity (Wildman–Crippen MR) is 169 cm³/mol. The molecule has 1 aliphatic rings. The minimum absolute atomic E-state index is 0.216. The summed E-state index contributed by atoms with van der Waals surface area (Å²) in [6.45, 7) is 0. The quantitative estimate of drug-likeness (QED) is 0.179. The van der Waals surface area contributed by atoms with Gasteiger partial charge in [0.15, 0.2) is 0 Å². The van der Waals surface area contributed by atoms with Crippen molar-refractivity contribution in [1.29, 1.82) is 0 Å². The number of benzene rings is 5. The van der Waals surface area contributed by atoms with Gasteiger partial charge in [0.2, 0.25) is 0 Å². The van der Waals surface area contributed by atoms with Gasteiger partial charge in [-0.1, -0.05) is 72.4 Å². The molecule has 0 unspecified atom stereocenters. The third-order valence-electron chi connectivity index (χ3n) is 7.52. The van der Waals surface area contributed by atoms with Crippen LogP contribution in [-0.2, 0) is 4.74 Å². The van der Waals surface area contributed by atoms with Gasteiger partial charge >= 0.3 is 12.3 Å². The second-order valence-electron chi connectivity index (χ2n) is 10.2. The fourth-order valence-electron chi connectivity index (χ4n) is 5.48. The fourth-order valence-corrected chi connectivity index (χ4v) is 6.53. The lowest BCUT2D eigenvalue weighted by molar-refractivity contribution is -0.291. The van der Waals surface area contributed by atoms with Gasteiger partial charge in [-0.25, -0.2) is 9.78 Å². The van der Waals surface area contributed by atoms with E-state index in [0.717, 1.165) is 54.6 Å². The van der Waals surface area contributed by atoms with Crippen molar-refractivity contribution in [2.45, 2.75) is 16.2 Å². The largest absolute Gasteiger partial charge is 0.575 e. The predicted octanol–water partition coefficient (Wildman–Crippen LogP) is 10.2. The van der Waals surface area contributed by atoms with Crippen molar-refractivity contribution in [3.8, 4) is 28.1 Å². The molecule has 0 amide bonds. The van der Waals surface area contributed by atoms with Gasteiger partial charge in [-0.3, -0.25) is 0 Å². The van der Waals surface area contributed by atoms with Crippen LogP contribution in [0, 0.1) is 0 Å². The molecule has 7 rings (SSSR count). The average molecular weight is 621 g/mol. The molecular weight excluding hydrogens is 597 g/mol. The highest BCUT2D eigenvalue weighted by Crippen LogP contribution is 2.52. The van der Waals surface area contributed by atoms with Gasteiger partial charge in [0.25, 0.3) is 0 Å². The van der Waals surface area contributed by atoms with Crippen molar-refractivity contribution in [1.82, 2.24) is 4.98 Å². The average Bonchev–Trinajstić information content (AvgIpc) is 3.06. The van der Waals surface area contributed by atoms with Gasteiger partial charge in [-0.15, -0.1) is 13.2 Å². The summed E-state index contributed by atoms with van der Waals surface area (Å²) >= 11 is 1.71.